The maximum Gasteiger partial charge on any atom is 0.272 e. The van der Waals surface area contributed by atoms with Gasteiger partial charge in [-0.2, -0.15) is 0 Å². The van der Waals surface area contributed by atoms with Crippen molar-refractivity contribution in [3.8, 4) is 0 Å². The number of rotatable bonds is 5. The summed E-state index contributed by atoms with van der Waals surface area (Å²) in [7, 11) is 1.78. The Morgan fingerprint density at radius 1 is 1.42 bits per heavy atom. The standard InChI is InChI=1S/C11H13N5O2S/c1-15-10(12)13-14-11(15)19-7-6-8-4-2-3-5-9(8)16(17)18/h2-5H,6-7H2,1H3,(H2,12,13). The van der Waals surface area contributed by atoms with Gasteiger partial charge in [0.05, 0.1) is 4.92 Å². The van der Waals surface area contributed by atoms with Crippen molar-refractivity contribution >= 4 is 23.4 Å². The zero-order valence-corrected chi connectivity index (χ0v) is 11.1. The van der Waals surface area contributed by atoms with E-state index >= 15 is 0 Å². The largest absolute Gasteiger partial charge is 0.368 e. The average molecular weight is 279 g/mol. The third kappa shape index (κ3) is 3.02. The zero-order chi connectivity index (χ0) is 13.8. The van der Waals surface area contributed by atoms with Gasteiger partial charge in [-0.25, -0.2) is 0 Å². The highest BCUT2D eigenvalue weighted by molar-refractivity contribution is 7.99. The quantitative estimate of drug-likeness (QED) is 0.507. The van der Waals surface area contributed by atoms with Crippen LogP contribution in [0.3, 0.4) is 0 Å². The SMILES string of the molecule is Cn1c(N)nnc1SCCc1ccccc1[N+](=O)[O-]. The minimum atomic E-state index is -0.361. The van der Waals surface area contributed by atoms with E-state index in [9.17, 15) is 10.1 Å². The summed E-state index contributed by atoms with van der Waals surface area (Å²) >= 11 is 1.47. The molecule has 7 nitrogen and oxygen atoms in total. The van der Waals surface area contributed by atoms with Crippen molar-refractivity contribution in [1.29, 1.82) is 0 Å². The molecule has 1 aromatic carbocycles. The summed E-state index contributed by atoms with van der Waals surface area (Å²) in [6, 6.07) is 6.75. The summed E-state index contributed by atoms with van der Waals surface area (Å²) in [6.45, 7) is 0. The van der Waals surface area contributed by atoms with Crippen LogP contribution in [0.2, 0.25) is 0 Å². The molecule has 0 unspecified atom stereocenters. The van der Waals surface area contributed by atoms with E-state index < -0.39 is 0 Å². The highest BCUT2D eigenvalue weighted by Gasteiger charge is 2.12. The summed E-state index contributed by atoms with van der Waals surface area (Å²) in [6.07, 6.45) is 0.592. The van der Waals surface area contributed by atoms with Gasteiger partial charge in [-0.15, -0.1) is 10.2 Å². The molecule has 100 valence electrons. The zero-order valence-electron chi connectivity index (χ0n) is 10.3. The molecule has 0 saturated carbocycles. The number of hydrogen-bond acceptors (Lipinski definition) is 6. The van der Waals surface area contributed by atoms with Crippen LogP contribution in [0.25, 0.3) is 0 Å². The van der Waals surface area contributed by atoms with Crippen molar-refractivity contribution in [3.05, 3.63) is 39.9 Å². The van der Waals surface area contributed by atoms with Crippen molar-refractivity contribution < 1.29 is 4.92 Å². The van der Waals surface area contributed by atoms with Crippen LogP contribution in [0.5, 0.6) is 0 Å². The third-order valence-corrected chi connectivity index (χ3v) is 3.68. The molecule has 0 aliphatic heterocycles. The molecule has 8 heteroatoms. The lowest BCUT2D eigenvalue weighted by Gasteiger charge is -2.03. The first-order valence-electron chi connectivity index (χ1n) is 5.59. The third-order valence-electron chi connectivity index (χ3n) is 2.66. The molecule has 1 heterocycles. The molecule has 0 fully saturated rings. The van der Waals surface area contributed by atoms with Gasteiger partial charge in [0.25, 0.3) is 5.69 Å². The second kappa shape index (κ2) is 5.70. The second-order valence-electron chi connectivity index (χ2n) is 3.88. The molecule has 19 heavy (non-hydrogen) atoms. The van der Waals surface area contributed by atoms with Gasteiger partial charge in [0, 0.05) is 24.4 Å². The smallest absolute Gasteiger partial charge is 0.272 e. The molecule has 0 spiro atoms. The number of aryl methyl sites for hydroxylation is 1. The van der Waals surface area contributed by atoms with Gasteiger partial charge in [-0.3, -0.25) is 14.7 Å². The van der Waals surface area contributed by atoms with Crippen LogP contribution in [0.1, 0.15) is 5.56 Å². The normalized spacial score (nSPS) is 10.6. The van der Waals surface area contributed by atoms with E-state index in [0.29, 0.717) is 23.3 Å². The molecular weight excluding hydrogens is 266 g/mol. The summed E-state index contributed by atoms with van der Waals surface area (Å²) in [5, 5.41) is 19.2. The fraction of sp³-hybridized carbons (Fsp3) is 0.273. The number of para-hydroxylation sites is 1. The first-order valence-corrected chi connectivity index (χ1v) is 6.58. The Kier molecular flexibility index (Phi) is 4.00. The van der Waals surface area contributed by atoms with E-state index in [4.69, 9.17) is 5.73 Å². The van der Waals surface area contributed by atoms with Gasteiger partial charge in [-0.1, -0.05) is 30.0 Å². The number of nitrogens with zero attached hydrogens (tertiary/aromatic N) is 4. The summed E-state index contributed by atoms with van der Waals surface area (Å²) in [5.74, 6) is 1.03. The Balaban J connectivity index is 2.00. The maximum atomic E-state index is 10.9. The Morgan fingerprint density at radius 3 is 2.79 bits per heavy atom. The van der Waals surface area contributed by atoms with Crippen LogP contribution in [0.15, 0.2) is 29.4 Å². The topological polar surface area (TPSA) is 99.9 Å². The predicted molar refractivity (Wildman–Crippen MR) is 72.9 cm³/mol. The number of hydrogen-bond donors (Lipinski definition) is 1. The Labute approximate surface area is 114 Å². The first-order chi connectivity index (χ1) is 9.09. The summed E-state index contributed by atoms with van der Waals surface area (Å²) in [5.41, 5.74) is 6.45. The van der Waals surface area contributed by atoms with E-state index in [1.54, 1.807) is 29.8 Å². The molecule has 2 aromatic rings. The van der Waals surface area contributed by atoms with E-state index in [0.717, 1.165) is 5.56 Å². The fourth-order valence-corrected chi connectivity index (χ4v) is 2.49. The monoisotopic (exact) mass is 279 g/mol. The Hall–Kier alpha value is -2.09. The van der Waals surface area contributed by atoms with Crippen LogP contribution in [-0.4, -0.2) is 25.4 Å². The molecule has 2 N–H and O–H groups in total. The number of anilines is 1. The molecule has 0 radical (unpaired) electrons. The molecule has 2 rings (SSSR count). The van der Waals surface area contributed by atoms with Crippen molar-refractivity contribution in [2.45, 2.75) is 11.6 Å². The average Bonchev–Trinajstić information content (AvgIpc) is 2.71. The van der Waals surface area contributed by atoms with Gasteiger partial charge >= 0.3 is 0 Å². The number of nitro groups is 1. The Bertz CT molecular complexity index is 599. The van der Waals surface area contributed by atoms with Gasteiger partial charge in [-0.05, 0) is 6.42 Å². The van der Waals surface area contributed by atoms with Gasteiger partial charge in [0.15, 0.2) is 5.16 Å². The minimum absolute atomic E-state index is 0.153. The number of thioether (sulfide) groups is 1. The van der Waals surface area contributed by atoms with Gasteiger partial charge in [0.2, 0.25) is 5.95 Å². The molecule has 0 aliphatic carbocycles. The fourth-order valence-electron chi connectivity index (χ4n) is 1.60. The number of aromatic nitrogens is 3. The summed E-state index contributed by atoms with van der Waals surface area (Å²) in [4.78, 5) is 10.5. The molecule has 0 bridgehead atoms. The van der Waals surface area contributed by atoms with E-state index in [-0.39, 0.29) is 10.6 Å². The van der Waals surface area contributed by atoms with Crippen molar-refractivity contribution in [3.63, 3.8) is 0 Å². The number of nitro benzene ring substituents is 1. The lowest BCUT2D eigenvalue weighted by atomic mass is 10.1. The van der Waals surface area contributed by atoms with Crippen LogP contribution in [0.4, 0.5) is 11.6 Å². The number of nitrogens with two attached hydrogens (primary N) is 1. The molecule has 0 atom stereocenters. The van der Waals surface area contributed by atoms with Gasteiger partial charge in [0.1, 0.15) is 0 Å². The van der Waals surface area contributed by atoms with Crippen LogP contribution >= 0.6 is 11.8 Å². The molecule has 0 amide bonds. The molecule has 0 aliphatic rings. The highest BCUT2D eigenvalue weighted by Crippen LogP contribution is 2.22. The van der Waals surface area contributed by atoms with E-state index in [1.807, 2.05) is 0 Å². The van der Waals surface area contributed by atoms with Gasteiger partial charge < -0.3 is 5.73 Å². The number of nitrogen functional groups attached to an aromatic ring is 1. The number of benzene rings is 1. The Morgan fingerprint density at radius 2 is 2.16 bits per heavy atom. The molecule has 1 aromatic heterocycles. The van der Waals surface area contributed by atoms with Crippen LogP contribution < -0.4 is 5.73 Å². The van der Waals surface area contributed by atoms with E-state index in [1.165, 1.54) is 17.8 Å². The second-order valence-corrected chi connectivity index (χ2v) is 4.95. The molecular formula is C11H13N5O2S. The minimum Gasteiger partial charge on any atom is -0.368 e. The lowest BCUT2D eigenvalue weighted by molar-refractivity contribution is -0.385. The van der Waals surface area contributed by atoms with Crippen LogP contribution in [-0.2, 0) is 13.5 Å². The van der Waals surface area contributed by atoms with Crippen LogP contribution in [0, 0.1) is 10.1 Å². The maximum absolute atomic E-state index is 10.9. The lowest BCUT2D eigenvalue weighted by Crippen LogP contribution is -2.00. The predicted octanol–water partition coefficient (Wildman–Crippen LogP) is 1.64. The summed E-state index contributed by atoms with van der Waals surface area (Å²) < 4.78 is 1.68. The highest BCUT2D eigenvalue weighted by atomic mass is 32.2. The molecule has 0 saturated heterocycles. The van der Waals surface area contributed by atoms with Crippen molar-refractivity contribution in [1.82, 2.24) is 14.8 Å². The van der Waals surface area contributed by atoms with E-state index in [2.05, 4.69) is 10.2 Å². The van der Waals surface area contributed by atoms with Crippen molar-refractivity contribution in [2.24, 2.45) is 7.05 Å². The first kappa shape index (κ1) is 13.3. The van der Waals surface area contributed by atoms with Crippen molar-refractivity contribution in [2.75, 3.05) is 11.5 Å².